The predicted octanol–water partition coefficient (Wildman–Crippen LogP) is 3.29. The van der Waals surface area contributed by atoms with Gasteiger partial charge in [-0.3, -0.25) is 29.6 Å². The molecule has 0 saturated carbocycles. The van der Waals surface area contributed by atoms with Gasteiger partial charge >= 0.3 is 5.97 Å². The molecule has 8 nitrogen and oxygen atoms in total. The third-order valence-electron chi connectivity index (χ3n) is 5.01. The number of esters is 1. The molecule has 1 aliphatic heterocycles. The molecule has 3 amide bonds. The van der Waals surface area contributed by atoms with Crippen molar-refractivity contribution in [3.63, 3.8) is 0 Å². The molecule has 3 rings (SSSR count). The third-order valence-corrected chi connectivity index (χ3v) is 5.55. The number of aryl methyl sites for hydroxylation is 2. The zero-order valence-corrected chi connectivity index (χ0v) is 18.9. The van der Waals surface area contributed by atoms with Crippen molar-refractivity contribution in [1.29, 1.82) is 0 Å². The third kappa shape index (κ3) is 5.77. The Bertz CT molecular complexity index is 1090. The van der Waals surface area contributed by atoms with E-state index in [0.717, 1.165) is 16.1 Å². The molecular formula is C22H21Cl2N3O5. The molecule has 32 heavy (non-hydrogen) atoms. The van der Waals surface area contributed by atoms with Crippen LogP contribution in [0.2, 0.25) is 10.0 Å². The highest BCUT2D eigenvalue weighted by atomic mass is 35.5. The minimum atomic E-state index is -0.807. The van der Waals surface area contributed by atoms with Crippen molar-refractivity contribution in [1.82, 2.24) is 10.4 Å². The number of ether oxygens (including phenoxy) is 1. The van der Waals surface area contributed by atoms with E-state index in [-0.39, 0.29) is 23.6 Å². The number of hydrazine groups is 1. The van der Waals surface area contributed by atoms with Crippen LogP contribution in [0.4, 0.5) is 5.69 Å². The van der Waals surface area contributed by atoms with Gasteiger partial charge in [0, 0.05) is 17.1 Å². The Hall–Kier alpha value is -3.10. The maximum absolute atomic E-state index is 12.4. The fraction of sp³-hybridized carbons (Fsp3) is 0.273. The Morgan fingerprint density at radius 2 is 1.84 bits per heavy atom. The number of carbonyl (C=O) groups is 4. The predicted molar refractivity (Wildman–Crippen MR) is 119 cm³/mol. The quantitative estimate of drug-likeness (QED) is 0.621. The number of amides is 3. The molecule has 2 aromatic rings. The number of hydrogen-bond donors (Lipinski definition) is 2. The van der Waals surface area contributed by atoms with Crippen LogP contribution in [0.1, 0.15) is 27.9 Å². The number of halogens is 2. The van der Waals surface area contributed by atoms with Crippen LogP contribution in [-0.4, -0.2) is 41.9 Å². The second kappa shape index (κ2) is 10.0. The zero-order chi connectivity index (χ0) is 23.4. The average molecular weight is 478 g/mol. The molecule has 2 N–H and O–H groups in total. The van der Waals surface area contributed by atoms with E-state index in [1.165, 1.54) is 18.2 Å². The molecule has 1 saturated heterocycles. The molecule has 0 aliphatic carbocycles. The van der Waals surface area contributed by atoms with E-state index in [0.29, 0.717) is 10.7 Å². The molecule has 1 heterocycles. The lowest BCUT2D eigenvalue weighted by molar-refractivity contribution is -0.151. The molecule has 2 aromatic carbocycles. The second-order valence-electron chi connectivity index (χ2n) is 7.43. The molecular weight excluding hydrogens is 457 g/mol. The summed E-state index contributed by atoms with van der Waals surface area (Å²) in [6, 6.07) is 9.79. The molecule has 0 unspecified atom stereocenters. The van der Waals surface area contributed by atoms with Gasteiger partial charge < -0.3 is 10.1 Å². The van der Waals surface area contributed by atoms with Gasteiger partial charge in [0.1, 0.15) is 0 Å². The van der Waals surface area contributed by atoms with Gasteiger partial charge in [0.2, 0.25) is 5.91 Å². The van der Waals surface area contributed by atoms with E-state index < -0.39 is 36.2 Å². The van der Waals surface area contributed by atoms with Gasteiger partial charge in [-0.2, -0.15) is 0 Å². The zero-order valence-electron chi connectivity index (χ0n) is 17.4. The monoisotopic (exact) mass is 477 g/mol. The van der Waals surface area contributed by atoms with Crippen LogP contribution in [-0.2, 0) is 19.1 Å². The van der Waals surface area contributed by atoms with Crippen molar-refractivity contribution >= 4 is 52.6 Å². The summed E-state index contributed by atoms with van der Waals surface area (Å²) in [6.07, 6.45) is -0.147. The second-order valence-corrected chi connectivity index (χ2v) is 8.27. The van der Waals surface area contributed by atoms with Crippen molar-refractivity contribution in [3.05, 3.63) is 63.1 Å². The van der Waals surface area contributed by atoms with Crippen molar-refractivity contribution < 1.29 is 23.9 Å². The lowest BCUT2D eigenvalue weighted by Crippen LogP contribution is -2.43. The topological polar surface area (TPSA) is 105 Å². The summed E-state index contributed by atoms with van der Waals surface area (Å²) in [4.78, 5) is 49.0. The summed E-state index contributed by atoms with van der Waals surface area (Å²) in [5.74, 6) is -3.06. The van der Waals surface area contributed by atoms with Gasteiger partial charge in [-0.1, -0.05) is 29.3 Å². The van der Waals surface area contributed by atoms with E-state index in [4.69, 9.17) is 27.9 Å². The van der Waals surface area contributed by atoms with Gasteiger partial charge in [-0.05, 0) is 55.3 Å². The van der Waals surface area contributed by atoms with Crippen LogP contribution < -0.4 is 10.7 Å². The first-order chi connectivity index (χ1) is 15.1. The van der Waals surface area contributed by atoms with Gasteiger partial charge in [0.05, 0.1) is 23.0 Å². The number of nitrogens with zero attached hydrogens (tertiary/aromatic N) is 1. The Labute approximate surface area is 194 Å². The summed E-state index contributed by atoms with van der Waals surface area (Å²) in [5.41, 5.74) is 5.27. The van der Waals surface area contributed by atoms with Crippen molar-refractivity contribution in [2.75, 3.05) is 18.5 Å². The largest absolute Gasteiger partial charge is 0.455 e. The van der Waals surface area contributed by atoms with Crippen LogP contribution in [0.5, 0.6) is 0 Å². The first-order valence-electron chi connectivity index (χ1n) is 9.74. The number of carbonyl (C=O) groups excluding carboxylic acids is 4. The average Bonchev–Trinajstić information content (AvgIpc) is 3.09. The summed E-state index contributed by atoms with van der Waals surface area (Å²) >= 11 is 11.8. The maximum Gasteiger partial charge on any atom is 0.311 e. The van der Waals surface area contributed by atoms with E-state index in [1.807, 2.05) is 26.0 Å². The lowest BCUT2D eigenvalue weighted by atomic mass is 10.1. The number of rotatable bonds is 6. The highest BCUT2D eigenvalue weighted by Crippen LogP contribution is 2.22. The van der Waals surface area contributed by atoms with E-state index in [1.54, 1.807) is 6.07 Å². The maximum atomic E-state index is 12.4. The molecule has 1 atom stereocenters. The molecule has 0 aromatic heterocycles. The minimum absolute atomic E-state index is 0.0760. The first-order valence-corrected chi connectivity index (χ1v) is 10.5. The lowest BCUT2D eigenvalue weighted by Gasteiger charge is -2.18. The van der Waals surface area contributed by atoms with Crippen LogP contribution in [0, 0.1) is 19.8 Å². The fourth-order valence-corrected chi connectivity index (χ4v) is 3.60. The molecule has 168 valence electrons. The summed E-state index contributed by atoms with van der Waals surface area (Å²) < 4.78 is 5.05. The standard InChI is InChI=1S/C22H21Cl2N3O5/c1-12-3-5-16(7-13(12)2)25-19(28)11-32-22(31)14-8-20(29)27(10-14)26-21(30)17-6-4-15(23)9-18(17)24/h3-7,9,14H,8,10-11H2,1-2H3,(H,25,28)(H,26,30)/t14-/m0/s1. The van der Waals surface area contributed by atoms with Gasteiger partial charge in [-0.15, -0.1) is 0 Å². The summed E-state index contributed by atoms with van der Waals surface area (Å²) in [7, 11) is 0. The number of benzene rings is 2. The molecule has 0 radical (unpaired) electrons. The van der Waals surface area contributed by atoms with Gasteiger partial charge in [0.25, 0.3) is 11.8 Å². The summed E-state index contributed by atoms with van der Waals surface area (Å²) in [5, 5.41) is 4.19. The SMILES string of the molecule is Cc1ccc(NC(=O)COC(=O)[C@H]2CC(=O)N(NC(=O)c3ccc(Cl)cc3Cl)C2)cc1C. The number of hydrogen-bond acceptors (Lipinski definition) is 5. The Balaban J connectivity index is 1.50. The highest BCUT2D eigenvalue weighted by Gasteiger charge is 2.37. The van der Waals surface area contributed by atoms with Gasteiger partial charge in [0.15, 0.2) is 6.61 Å². The molecule has 10 heteroatoms. The smallest absolute Gasteiger partial charge is 0.311 e. The number of anilines is 1. The normalized spacial score (nSPS) is 15.4. The van der Waals surface area contributed by atoms with Crippen LogP contribution >= 0.6 is 23.2 Å². The van der Waals surface area contributed by atoms with Crippen molar-refractivity contribution in [2.45, 2.75) is 20.3 Å². The first kappa shape index (κ1) is 23.6. The molecule has 0 bridgehead atoms. The molecule has 1 aliphatic rings. The van der Waals surface area contributed by atoms with Crippen LogP contribution in [0.3, 0.4) is 0 Å². The van der Waals surface area contributed by atoms with E-state index in [9.17, 15) is 19.2 Å². The Kier molecular flexibility index (Phi) is 7.37. The van der Waals surface area contributed by atoms with Crippen molar-refractivity contribution in [2.24, 2.45) is 5.92 Å². The Morgan fingerprint density at radius 3 is 2.53 bits per heavy atom. The van der Waals surface area contributed by atoms with E-state index >= 15 is 0 Å². The molecule has 0 spiro atoms. The van der Waals surface area contributed by atoms with Gasteiger partial charge in [-0.25, -0.2) is 0 Å². The Morgan fingerprint density at radius 1 is 1.09 bits per heavy atom. The van der Waals surface area contributed by atoms with Crippen LogP contribution in [0.25, 0.3) is 0 Å². The highest BCUT2D eigenvalue weighted by molar-refractivity contribution is 6.36. The molecule has 1 fully saturated rings. The number of nitrogens with one attached hydrogen (secondary N) is 2. The minimum Gasteiger partial charge on any atom is -0.455 e. The van der Waals surface area contributed by atoms with Crippen molar-refractivity contribution in [3.8, 4) is 0 Å². The fourth-order valence-electron chi connectivity index (χ4n) is 3.10. The summed E-state index contributed by atoms with van der Waals surface area (Å²) in [6.45, 7) is 3.32. The van der Waals surface area contributed by atoms with E-state index in [2.05, 4.69) is 10.7 Å². The van der Waals surface area contributed by atoms with Crippen LogP contribution in [0.15, 0.2) is 36.4 Å².